The first kappa shape index (κ1) is 25.0. The molecular formula is C34H30N2O3S. The maximum absolute atomic E-state index is 14.7. The van der Waals surface area contributed by atoms with Crippen LogP contribution in [0.3, 0.4) is 0 Å². The topological polar surface area (TPSA) is 49.9 Å². The lowest BCUT2D eigenvalue weighted by atomic mass is 9.65. The van der Waals surface area contributed by atoms with Gasteiger partial charge in [0.1, 0.15) is 11.5 Å². The van der Waals surface area contributed by atoms with Gasteiger partial charge < -0.3 is 9.64 Å². The molecule has 6 heteroatoms. The fourth-order valence-corrected chi connectivity index (χ4v) is 8.32. The fourth-order valence-electron chi connectivity index (χ4n) is 6.99. The Morgan fingerprint density at radius 2 is 1.32 bits per heavy atom. The average molecular weight is 547 g/mol. The molecular weight excluding hydrogens is 516 g/mol. The Kier molecular flexibility index (Phi) is 5.45. The molecule has 1 fully saturated rings. The molecule has 0 N–H and O–H groups in total. The summed E-state index contributed by atoms with van der Waals surface area (Å²) in [6.07, 6.45) is 0.770. The standard InChI is InChI=1S/C34H30N2O3S/c1-32(2)22-33(3,23-11-6-4-7-12-23)27-15-10-16-28-30(27)36(32)31(38)34(28)35(29(37)21-40-34)24-17-19-26(20-18-24)39-25-13-8-5-9-14-25/h4-20H,21-22H2,1-3H3/t33-,34-/m1/s1. The largest absolute Gasteiger partial charge is 0.457 e. The number of fused-ring (bicyclic) bond motifs is 1. The van der Waals surface area contributed by atoms with Crippen molar-refractivity contribution in [2.45, 2.75) is 43.0 Å². The Balaban J connectivity index is 1.36. The third-order valence-corrected chi connectivity index (χ3v) is 9.94. The first-order valence-electron chi connectivity index (χ1n) is 13.6. The van der Waals surface area contributed by atoms with Crippen LogP contribution in [0.15, 0.2) is 103 Å². The van der Waals surface area contributed by atoms with Crippen LogP contribution in [0, 0.1) is 0 Å². The van der Waals surface area contributed by atoms with E-state index in [1.54, 1.807) is 4.90 Å². The minimum absolute atomic E-state index is 0.0458. The van der Waals surface area contributed by atoms with Crippen molar-refractivity contribution in [1.82, 2.24) is 0 Å². The molecule has 2 amide bonds. The van der Waals surface area contributed by atoms with Gasteiger partial charge in [0.15, 0.2) is 0 Å². The maximum atomic E-state index is 14.7. The molecule has 1 saturated heterocycles. The summed E-state index contributed by atoms with van der Waals surface area (Å²) in [5.41, 5.74) is 4.14. The second kappa shape index (κ2) is 8.73. The zero-order chi connectivity index (χ0) is 27.7. The minimum Gasteiger partial charge on any atom is -0.457 e. The number of carbonyl (C=O) groups is 2. The Hall–Kier alpha value is -4.03. The Bertz CT molecular complexity index is 1640. The number of anilines is 2. The average Bonchev–Trinajstić information content (AvgIpc) is 3.44. The van der Waals surface area contributed by atoms with Crippen molar-refractivity contribution in [3.63, 3.8) is 0 Å². The zero-order valence-corrected chi connectivity index (χ0v) is 23.6. The summed E-state index contributed by atoms with van der Waals surface area (Å²) in [7, 11) is 0. The Labute approximate surface area is 238 Å². The highest BCUT2D eigenvalue weighted by Crippen LogP contribution is 2.62. The summed E-state index contributed by atoms with van der Waals surface area (Å²) in [5.74, 6) is 1.53. The number of carbonyl (C=O) groups excluding carboxylic acids is 2. The first-order valence-corrected chi connectivity index (χ1v) is 14.6. The molecule has 40 heavy (non-hydrogen) atoms. The van der Waals surface area contributed by atoms with Crippen LogP contribution in [0.1, 0.15) is 43.9 Å². The van der Waals surface area contributed by atoms with Gasteiger partial charge in [0.05, 0.1) is 11.4 Å². The number of hydrogen-bond donors (Lipinski definition) is 0. The van der Waals surface area contributed by atoms with Crippen molar-refractivity contribution in [2.75, 3.05) is 15.6 Å². The number of nitrogens with zero attached hydrogens (tertiary/aromatic N) is 2. The van der Waals surface area contributed by atoms with Gasteiger partial charge in [0.2, 0.25) is 10.8 Å². The van der Waals surface area contributed by atoms with Crippen molar-refractivity contribution in [1.29, 1.82) is 0 Å². The molecule has 3 aliphatic heterocycles. The maximum Gasteiger partial charge on any atom is 0.269 e. The van der Waals surface area contributed by atoms with Gasteiger partial charge in [-0.15, -0.1) is 11.8 Å². The molecule has 3 heterocycles. The number of amides is 2. The minimum atomic E-state index is -1.15. The molecule has 7 rings (SSSR count). The molecule has 1 spiro atoms. The van der Waals surface area contributed by atoms with Gasteiger partial charge in [0, 0.05) is 22.2 Å². The van der Waals surface area contributed by atoms with Crippen molar-refractivity contribution >= 4 is 35.0 Å². The number of para-hydroxylation sites is 2. The van der Waals surface area contributed by atoms with Crippen LogP contribution in [0.2, 0.25) is 0 Å². The van der Waals surface area contributed by atoms with Gasteiger partial charge in [-0.3, -0.25) is 14.5 Å². The number of thioether (sulfide) groups is 1. The lowest BCUT2D eigenvalue weighted by Crippen LogP contribution is -2.58. The molecule has 2 atom stereocenters. The van der Waals surface area contributed by atoms with E-state index in [0.29, 0.717) is 11.4 Å². The van der Waals surface area contributed by atoms with E-state index < -0.39 is 10.4 Å². The monoisotopic (exact) mass is 546 g/mol. The predicted octanol–water partition coefficient (Wildman–Crippen LogP) is 7.25. The molecule has 0 aliphatic carbocycles. The smallest absolute Gasteiger partial charge is 0.269 e. The van der Waals surface area contributed by atoms with Crippen LogP contribution in [-0.2, 0) is 19.9 Å². The molecule has 0 unspecified atom stereocenters. The van der Waals surface area contributed by atoms with Crippen molar-refractivity contribution in [3.05, 3.63) is 120 Å². The highest BCUT2D eigenvalue weighted by atomic mass is 32.2. The third-order valence-electron chi connectivity index (χ3n) is 8.56. The van der Waals surface area contributed by atoms with Crippen LogP contribution in [0.25, 0.3) is 0 Å². The normalized spacial score (nSPS) is 24.5. The summed E-state index contributed by atoms with van der Waals surface area (Å²) in [6, 6.07) is 33.8. The van der Waals surface area contributed by atoms with Crippen molar-refractivity contribution < 1.29 is 14.3 Å². The van der Waals surface area contributed by atoms with Crippen LogP contribution in [0.5, 0.6) is 11.5 Å². The van der Waals surface area contributed by atoms with Crippen LogP contribution in [-0.4, -0.2) is 23.1 Å². The second-order valence-corrected chi connectivity index (χ2v) is 12.8. The lowest BCUT2D eigenvalue weighted by molar-refractivity contribution is -0.124. The quantitative estimate of drug-likeness (QED) is 0.271. The highest BCUT2D eigenvalue weighted by molar-refractivity contribution is 8.02. The number of benzene rings is 4. The Morgan fingerprint density at radius 3 is 2.02 bits per heavy atom. The number of ether oxygens (including phenoxy) is 1. The highest BCUT2D eigenvalue weighted by Gasteiger charge is 2.65. The SMILES string of the molecule is CC1(C)C[C@](C)(c2ccccc2)c2cccc3c2N1C(=O)[C@]31SCC(=O)N1c1ccc(Oc2ccccc2)cc1. The summed E-state index contributed by atoms with van der Waals surface area (Å²) in [6.45, 7) is 6.57. The van der Waals surface area contributed by atoms with Gasteiger partial charge in [-0.05, 0) is 67.8 Å². The van der Waals surface area contributed by atoms with E-state index in [-0.39, 0.29) is 23.0 Å². The second-order valence-electron chi connectivity index (χ2n) is 11.6. The number of rotatable bonds is 4. The van der Waals surface area contributed by atoms with Gasteiger partial charge in [0.25, 0.3) is 5.91 Å². The van der Waals surface area contributed by atoms with Crippen molar-refractivity contribution in [2.24, 2.45) is 0 Å². The van der Waals surface area contributed by atoms with Gasteiger partial charge in [-0.25, -0.2) is 0 Å². The van der Waals surface area contributed by atoms with E-state index in [1.165, 1.54) is 17.3 Å². The van der Waals surface area contributed by atoms with Crippen molar-refractivity contribution in [3.8, 4) is 11.5 Å². The number of hydrogen-bond acceptors (Lipinski definition) is 4. The van der Waals surface area contributed by atoms with E-state index in [0.717, 1.165) is 29.0 Å². The van der Waals surface area contributed by atoms with Gasteiger partial charge >= 0.3 is 0 Å². The van der Waals surface area contributed by atoms with E-state index in [9.17, 15) is 9.59 Å². The third kappa shape index (κ3) is 3.42. The van der Waals surface area contributed by atoms with Gasteiger partial charge in [-0.2, -0.15) is 0 Å². The van der Waals surface area contributed by atoms with Gasteiger partial charge in [-0.1, -0.05) is 73.7 Å². The Morgan fingerprint density at radius 1 is 0.700 bits per heavy atom. The summed E-state index contributed by atoms with van der Waals surface area (Å²) in [4.78, 5) is 30.8. The zero-order valence-electron chi connectivity index (χ0n) is 22.8. The summed E-state index contributed by atoms with van der Waals surface area (Å²) in [5, 5.41) is 0. The van der Waals surface area contributed by atoms with E-state index in [1.807, 2.05) is 77.7 Å². The molecule has 5 nitrogen and oxygen atoms in total. The molecule has 4 aromatic rings. The molecule has 0 aromatic heterocycles. The van der Waals surface area contributed by atoms with E-state index in [2.05, 4.69) is 51.1 Å². The van der Waals surface area contributed by atoms with Crippen LogP contribution >= 0.6 is 11.8 Å². The molecule has 4 aromatic carbocycles. The van der Waals surface area contributed by atoms with E-state index in [4.69, 9.17) is 4.74 Å². The molecule has 0 saturated carbocycles. The van der Waals surface area contributed by atoms with Crippen LogP contribution in [0.4, 0.5) is 11.4 Å². The molecule has 0 radical (unpaired) electrons. The summed E-state index contributed by atoms with van der Waals surface area (Å²) >= 11 is 1.43. The van der Waals surface area contributed by atoms with E-state index >= 15 is 0 Å². The first-order chi connectivity index (χ1) is 19.3. The van der Waals surface area contributed by atoms with Crippen LogP contribution < -0.4 is 14.5 Å². The molecule has 0 bridgehead atoms. The molecule has 3 aliphatic rings. The molecule has 200 valence electrons. The summed E-state index contributed by atoms with van der Waals surface area (Å²) < 4.78 is 5.98. The predicted molar refractivity (Wildman–Crippen MR) is 160 cm³/mol. The fraction of sp³-hybridized carbons (Fsp3) is 0.235. The lowest BCUT2D eigenvalue weighted by Gasteiger charge is -2.50.